The first kappa shape index (κ1) is 25.1. The van der Waals surface area contributed by atoms with Gasteiger partial charge >= 0.3 is 0 Å². The molecule has 0 N–H and O–H groups in total. The number of furan rings is 1. The topological polar surface area (TPSA) is 17.0 Å². The van der Waals surface area contributed by atoms with E-state index < -0.39 is 0 Å². The molecule has 2 heterocycles. The molecule has 0 radical (unpaired) electrons. The van der Waals surface area contributed by atoms with Crippen molar-refractivity contribution in [3.63, 3.8) is 0 Å². The molecule has 0 aliphatic rings. The summed E-state index contributed by atoms with van der Waals surface area (Å²) in [5, 5.41) is 1.91. The van der Waals surface area contributed by atoms with Crippen molar-refractivity contribution >= 4 is 21.9 Å². The zero-order chi connectivity index (χ0) is 27.3. The van der Waals surface area contributed by atoms with Crippen LogP contribution >= 0.6 is 0 Å². The van der Waals surface area contributed by atoms with E-state index in [0.717, 1.165) is 56.3 Å². The number of aryl methyl sites for hydroxylation is 2. The van der Waals surface area contributed by atoms with Gasteiger partial charge in [-0.15, -0.1) is 0 Å². The van der Waals surface area contributed by atoms with Crippen LogP contribution in [0.2, 0.25) is 0 Å². The third-order valence-corrected chi connectivity index (χ3v) is 7.43. The summed E-state index contributed by atoms with van der Waals surface area (Å²) in [5.41, 5.74) is 9.63. The molecule has 194 valence electrons. The number of hydrogen-bond acceptors (Lipinski definition) is 1. The average molecular weight is 515 g/mol. The van der Waals surface area contributed by atoms with E-state index in [-0.39, 0.29) is 11.2 Å². The van der Waals surface area contributed by atoms with Gasteiger partial charge in [0.05, 0.1) is 11.1 Å². The highest BCUT2D eigenvalue weighted by Gasteiger charge is 2.24. The third-order valence-electron chi connectivity index (χ3n) is 7.43. The van der Waals surface area contributed by atoms with Crippen molar-refractivity contribution in [2.45, 2.75) is 34.1 Å². The van der Waals surface area contributed by atoms with Crippen molar-refractivity contribution < 1.29 is 13.4 Å². The van der Waals surface area contributed by atoms with E-state index in [1.54, 1.807) is 6.07 Å². The molecule has 0 saturated heterocycles. The maximum Gasteiger partial charge on any atom is 0.216 e. The predicted octanol–water partition coefficient (Wildman–Crippen LogP) is 9.45. The molecule has 0 bridgehead atoms. The van der Waals surface area contributed by atoms with Gasteiger partial charge in [-0.1, -0.05) is 87.5 Å². The Kier molecular flexibility index (Phi) is 6.10. The lowest BCUT2D eigenvalue weighted by Crippen LogP contribution is -2.32. The summed E-state index contributed by atoms with van der Waals surface area (Å²) >= 11 is 0. The van der Waals surface area contributed by atoms with E-state index in [2.05, 4.69) is 81.9 Å². The number of fused-ring (bicyclic) bond motifs is 3. The van der Waals surface area contributed by atoms with Gasteiger partial charge in [0, 0.05) is 22.4 Å². The fourth-order valence-corrected chi connectivity index (χ4v) is 5.67. The monoisotopic (exact) mass is 514 g/mol. The molecule has 0 aliphatic carbocycles. The molecule has 0 aliphatic heterocycles. The van der Waals surface area contributed by atoms with Gasteiger partial charge in [-0.25, -0.2) is 8.96 Å². The van der Waals surface area contributed by atoms with Crippen molar-refractivity contribution in [1.82, 2.24) is 0 Å². The lowest BCUT2D eigenvalue weighted by atomic mass is 9.88. The summed E-state index contributed by atoms with van der Waals surface area (Å²) in [4.78, 5) is 0. The molecular formula is C36H33FNO+. The lowest BCUT2D eigenvalue weighted by Gasteiger charge is -2.17. The van der Waals surface area contributed by atoms with Crippen LogP contribution in [0, 0.1) is 18.2 Å². The maximum absolute atomic E-state index is 15.4. The van der Waals surface area contributed by atoms with Crippen LogP contribution in [0.15, 0.2) is 102 Å². The quantitative estimate of drug-likeness (QED) is 0.214. The first-order valence-corrected chi connectivity index (χ1v) is 13.5. The molecule has 0 fully saturated rings. The Morgan fingerprint density at radius 3 is 1.97 bits per heavy atom. The zero-order valence-corrected chi connectivity index (χ0v) is 23.2. The van der Waals surface area contributed by atoms with Crippen LogP contribution < -0.4 is 4.57 Å². The van der Waals surface area contributed by atoms with Gasteiger partial charge in [0.2, 0.25) is 5.69 Å². The van der Waals surface area contributed by atoms with Crippen LogP contribution in [-0.4, -0.2) is 0 Å². The molecule has 0 saturated carbocycles. The predicted molar refractivity (Wildman–Crippen MR) is 159 cm³/mol. The fraction of sp³-hybridized carbons (Fsp3) is 0.194. The Hall–Kier alpha value is -4.24. The van der Waals surface area contributed by atoms with Gasteiger partial charge in [0.1, 0.15) is 24.0 Å². The summed E-state index contributed by atoms with van der Waals surface area (Å²) in [6.07, 6.45) is 3.21. The van der Waals surface area contributed by atoms with Crippen molar-refractivity contribution in [2.24, 2.45) is 12.5 Å². The first-order valence-electron chi connectivity index (χ1n) is 13.5. The molecular weight excluding hydrogens is 481 g/mol. The standard InChI is InChI=1S/C36H33FNO/c1-23-11-17-28-29-18-19-30(37)33(27-15-13-26(14-16-27)25-9-7-6-8-10-25)35(29)39-34(28)32(23)31-20-12-24(22-38(31)5)21-36(2,3)4/h6-20,22H,21H2,1-5H3/q+1. The van der Waals surface area contributed by atoms with Gasteiger partial charge in [-0.05, 0) is 59.2 Å². The molecule has 4 aromatic carbocycles. The van der Waals surface area contributed by atoms with E-state index in [0.29, 0.717) is 11.1 Å². The highest BCUT2D eigenvalue weighted by atomic mass is 19.1. The third kappa shape index (κ3) is 4.63. The van der Waals surface area contributed by atoms with Crippen LogP contribution in [0.4, 0.5) is 4.39 Å². The van der Waals surface area contributed by atoms with E-state index in [1.807, 2.05) is 48.5 Å². The Labute approximate surface area is 229 Å². The van der Waals surface area contributed by atoms with Crippen molar-refractivity contribution in [1.29, 1.82) is 0 Å². The zero-order valence-electron chi connectivity index (χ0n) is 23.2. The average Bonchev–Trinajstić information content (AvgIpc) is 3.27. The van der Waals surface area contributed by atoms with E-state index in [1.165, 1.54) is 5.56 Å². The molecule has 39 heavy (non-hydrogen) atoms. The van der Waals surface area contributed by atoms with Gasteiger partial charge in [0.25, 0.3) is 0 Å². The fourth-order valence-electron chi connectivity index (χ4n) is 5.67. The van der Waals surface area contributed by atoms with E-state index >= 15 is 4.39 Å². The van der Waals surface area contributed by atoms with Gasteiger partial charge in [-0.2, -0.15) is 0 Å². The first-order chi connectivity index (χ1) is 18.7. The lowest BCUT2D eigenvalue weighted by molar-refractivity contribution is -0.660. The molecule has 6 aromatic rings. The molecule has 0 amide bonds. The number of halogens is 1. The van der Waals surface area contributed by atoms with Gasteiger partial charge < -0.3 is 4.42 Å². The van der Waals surface area contributed by atoms with Gasteiger partial charge in [-0.3, -0.25) is 0 Å². The number of nitrogens with zero attached hydrogens (tertiary/aromatic N) is 1. The van der Waals surface area contributed by atoms with E-state index in [4.69, 9.17) is 4.42 Å². The molecule has 0 atom stereocenters. The van der Waals surface area contributed by atoms with Crippen molar-refractivity contribution in [3.05, 3.63) is 114 Å². The molecule has 6 rings (SSSR count). The molecule has 3 heteroatoms. The van der Waals surface area contributed by atoms with E-state index in [9.17, 15) is 0 Å². The number of rotatable bonds is 4. The Bertz CT molecular complexity index is 1820. The normalized spacial score (nSPS) is 11.9. The SMILES string of the molecule is Cc1ccc2c(oc3c(-c4ccc(-c5ccccc5)cc4)c(F)ccc32)c1-c1ccc(CC(C)(C)C)c[n+]1C. The number of aromatic nitrogens is 1. The number of hydrogen-bond donors (Lipinski definition) is 0. The second-order valence-corrected chi connectivity index (χ2v) is 11.7. The second-order valence-electron chi connectivity index (χ2n) is 11.7. The van der Waals surface area contributed by atoms with Crippen LogP contribution in [0.3, 0.4) is 0 Å². The molecule has 0 spiro atoms. The summed E-state index contributed by atoms with van der Waals surface area (Å²) < 4.78 is 24.2. The van der Waals surface area contributed by atoms with Crippen LogP contribution in [0.1, 0.15) is 31.9 Å². The molecule has 2 aromatic heterocycles. The Balaban J connectivity index is 1.51. The summed E-state index contributed by atoms with van der Waals surface area (Å²) in [5.74, 6) is -0.288. The largest absolute Gasteiger partial charge is 0.454 e. The van der Waals surface area contributed by atoms with Crippen molar-refractivity contribution in [3.8, 4) is 33.5 Å². The van der Waals surface area contributed by atoms with Crippen LogP contribution in [-0.2, 0) is 13.5 Å². The van der Waals surface area contributed by atoms with Crippen molar-refractivity contribution in [2.75, 3.05) is 0 Å². The number of benzene rings is 4. The number of pyridine rings is 1. The van der Waals surface area contributed by atoms with Gasteiger partial charge in [0.15, 0.2) is 6.20 Å². The smallest absolute Gasteiger partial charge is 0.216 e. The minimum absolute atomic E-state index is 0.211. The minimum atomic E-state index is -0.288. The Morgan fingerprint density at radius 2 is 1.31 bits per heavy atom. The summed E-state index contributed by atoms with van der Waals surface area (Å²) in [6.45, 7) is 8.87. The maximum atomic E-state index is 15.4. The molecule has 2 nitrogen and oxygen atoms in total. The van der Waals surface area contributed by atoms with Crippen LogP contribution in [0.5, 0.6) is 0 Å². The minimum Gasteiger partial charge on any atom is -0.454 e. The highest BCUT2D eigenvalue weighted by Crippen LogP contribution is 2.42. The summed E-state index contributed by atoms with van der Waals surface area (Å²) in [6, 6.07) is 30.3. The molecule has 0 unspecified atom stereocenters. The van der Waals surface area contributed by atoms with Crippen LogP contribution in [0.25, 0.3) is 55.4 Å². The Morgan fingerprint density at radius 1 is 0.692 bits per heavy atom. The second kappa shape index (κ2) is 9.50. The highest BCUT2D eigenvalue weighted by molar-refractivity contribution is 6.13. The summed E-state index contributed by atoms with van der Waals surface area (Å²) in [7, 11) is 2.09.